The molecule has 0 saturated carbocycles. The van der Waals surface area contributed by atoms with E-state index in [0.717, 1.165) is 5.56 Å². The molecule has 1 aromatic carbocycles. The standard InChI is InChI=1S/C21H25FN6O4/c1-3-32-21(31)27-10-8-26(9-11-27)13-16-23-18-17(19(29)24-20(30)25(18)2)28(16)12-14-4-6-15(22)7-5-14/h4-7H,3,8-13H2,1-2H3,(H,24,29,30). The van der Waals surface area contributed by atoms with Gasteiger partial charge >= 0.3 is 11.8 Å². The minimum absolute atomic E-state index is 0.289. The molecule has 0 unspecified atom stereocenters. The van der Waals surface area contributed by atoms with E-state index in [4.69, 9.17) is 4.74 Å². The molecule has 3 heterocycles. The van der Waals surface area contributed by atoms with Crippen LogP contribution in [-0.2, 0) is 24.9 Å². The topological polar surface area (TPSA) is 105 Å². The number of rotatable bonds is 5. The van der Waals surface area contributed by atoms with Crippen LogP contribution in [0.1, 0.15) is 18.3 Å². The summed E-state index contributed by atoms with van der Waals surface area (Å²) in [7, 11) is 1.55. The predicted octanol–water partition coefficient (Wildman–Crippen LogP) is 0.885. The number of halogens is 1. The zero-order valence-electron chi connectivity index (χ0n) is 18.0. The first-order valence-electron chi connectivity index (χ1n) is 10.4. The summed E-state index contributed by atoms with van der Waals surface area (Å²) in [4.78, 5) is 47.4. The van der Waals surface area contributed by atoms with Crippen LogP contribution in [0.2, 0.25) is 0 Å². The highest BCUT2D eigenvalue weighted by Crippen LogP contribution is 2.17. The van der Waals surface area contributed by atoms with Crippen LogP contribution in [0.3, 0.4) is 0 Å². The number of hydrogen-bond donors (Lipinski definition) is 1. The highest BCUT2D eigenvalue weighted by atomic mass is 19.1. The number of aromatic amines is 1. The number of nitrogens with zero attached hydrogens (tertiary/aromatic N) is 5. The van der Waals surface area contributed by atoms with Crippen molar-refractivity contribution in [2.24, 2.45) is 7.05 Å². The maximum Gasteiger partial charge on any atom is 0.409 e. The zero-order valence-corrected chi connectivity index (χ0v) is 18.0. The van der Waals surface area contributed by atoms with Crippen LogP contribution in [0.25, 0.3) is 11.2 Å². The Balaban J connectivity index is 1.65. The third-order valence-electron chi connectivity index (χ3n) is 5.60. The van der Waals surface area contributed by atoms with E-state index < -0.39 is 11.2 Å². The predicted molar refractivity (Wildman–Crippen MR) is 115 cm³/mol. The quantitative estimate of drug-likeness (QED) is 0.627. The van der Waals surface area contributed by atoms with Gasteiger partial charge in [-0.3, -0.25) is 19.2 Å². The van der Waals surface area contributed by atoms with E-state index in [0.29, 0.717) is 57.3 Å². The summed E-state index contributed by atoms with van der Waals surface area (Å²) in [6.45, 7) is 5.12. The molecule has 10 nitrogen and oxygen atoms in total. The molecule has 0 bridgehead atoms. The first-order valence-corrected chi connectivity index (χ1v) is 10.4. The largest absolute Gasteiger partial charge is 0.450 e. The van der Waals surface area contributed by atoms with Crippen LogP contribution < -0.4 is 11.2 Å². The lowest BCUT2D eigenvalue weighted by atomic mass is 10.2. The van der Waals surface area contributed by atoms with Crippen molar-refractivity contribution in [2.45, 2.75) is 20.0 Å². The second kappa shape index (κ2) is 8.95. The fourth-order valence-electron chi connectivity index (χ4n) is 3.85. The molecule has 11 heteroatoms. The summed E-state index contributed by atoms with van der Waals surface area (Å²) in [6, 6.07) is 6.03. The minimum atomic E-state index is -0.538. The maximum absolute atomic E-state index is 13.3. The number of hydrogen-bond acceptors (Lipinski definition) is 6. The smallest absolute Gasteiger partial charge is 0.409 e. The number of aromatic nitrogens is 4. The Kier molecular flexibility index (Phi) is 6.08. The highest BCUT2D eigenvalue weighted by molar-refractivity contribution is 5.71. The average Bonchev–Trinajstić information content (AvgIpc) is 3.13. The SMILES string of the molecule is CCOC(=O)N1CCN(Cc2nc3c(c(=O)[nH]c(=O)n3C)n2Cc2ccc(F)cc2)CC1. The molecule has 32 heavy (non-hydrogen) atoms. The van der Waals surface area contributed by atoms with E-state index >= 15 is 0 Å². The van der Waals surface area contributed by atoms with Gasteiger partial charge in [0.15, 0.2) is 11.2 Å². The monoisotopic (exact) mass is 444 g/mol. The lowest BCUT2D eigenvalue weighted by molar-refractivity contribution is 0.0769. The highest BCUT2D eigenvalue weighted by Gasteiger charge is 2.24. The number of fused-ring (bicyclic) bond motifs is 1. The molecule has 0 spiro atoms. The van der Waals surface area contributed by atoms with Gasteiger partial charge in [0.2, 0.25) is 0 Å². The van der Waals surface area contributed by atoms with Crippen molar-refractivity contribution in [3.63, 3.8) is 0 Å². The molecule has 3 aromatic rings. The molecule has 0 radical (unpaired) electrons. The summed E-state index contributed by atoms with van der Waals surface area (Å²) >= 11 is 0. The second-order valence-electron chi connectivity index (χ2n) is 7.69. The van der Waals surface area contributed by atoms with Gasteiger partial charge in [0.25, 0.3) is 5.56 Å². The number of imidazole rings is 1. The lowest BCUT2D eigenvalue weighted by Crippen LogP contribution is -2.48. The van der Waals surface area contributed by atoms with E-state index in [1.54, 1.807) is 35.6 Å². The molecule has 170 valence electrons. The van der Waals surface area contributed by atoms with Crippen molar-refractivity contribution < 1.29 is 13.9 Å². The van der Waals surface area contributed by atoms with Crippen molar-refractivity contribution in [3.8, 4) is 0 Å². The number of carbonyl (C=O) groups excluding carboxylic acids is 1. The number of ether oxygens (including phenoxy) is 1. The van der Waals surface area contributed by atoms with Crippen LogP contribution in [0.4, 0.5) is 9.18 Å². The zero-order chi connectivity index (χ0) is 22.8. The van der Waals surface area contributed by atoms with E-state index in [-0.39, 0.29) is 17.4 Å². The molecular formula is C21H25FN6O4. The average molecular weight is 444 g/mol. The normalized spacial score (nSPS) is 14.8. The summed E-state index contributed by atoms with van der Waals surface area (Å²) < 4.78 is 21.5. The fraction of sp³-hybridized carbons (Fsp3) is 0.429. The molecule has 1 aliphatic rings. The van der Waals surface area contributed by atoms with E-state index in [9.17, 15) is 18.8 Å². The molecule has 1 aliphatic heterocycles. The summed E-state index contributed by atoms with van der Waals surface area (Å²) in [5, 5.41) is 0. The van der Waals surface area contributed by atoms with Gasteiger partial charge in [0, 0.05) is 39.8 Å². The van der Waals surface area contributed by atoms with Crippen molar-refractivity contribution in [2.75, 3.05) is 32.8 Å². The van der Waals surface area contributed by atoms with Crippen LogP contribution >= 0.6 is 0 Å². The van der Waals surface area contributed by atoms with Crippen LogP contribution in [0.5, 0.6) is 0 Å². The van der Waals surface area contributed by atoms with Crippen LogP contribution in [-0.4, -0.2) is 67.8 Å². The fourth-order valence-corrected chi connectivity index (χ4v) is 3.85. The molecule has 1 fully saturated rings. The molecule has 1 N–H and O–H groups in total. The summed E-state index contributed by atoms with van der Waals surface area (Å²) in [5.74, 6) is 0.268. The van der Waals surface area contributed by atoms with E-state index in [1.165, 1.54) is 16.7 Å². The summed E-state index contributed by atoms with van der Waals surface area (Å²) in [5.41, 5.74) is 0.324. The molecule has 0 atom stereocenters. The number of aryl methyl sites for hydroxylation is 1. The lowest BCUT2D eigenvalue weighted by Gasteiger charge is -2.33. The van der Waals surface area contributed by atoms with Gasteiger partial charge in [-0.25, -0.2) is 19.0 Å². The van der Waals surface area contributed by atoms with Crippen LogP contribution in [0.15, 0.2) is 33.9 Å². The summed E-state index contributed by atoms with van der Waals surface area (Å²) in [6.07, 6.45) is -0.322. The Bertz CT molecular complexity index is 1240. The van der Waals surface area contributed by atoms with Gasteiger partial charge in [0.1, 0.15) is 11.6 Å². The first kappa shape index (κ1) is 21.8. The van der Waals surface area contributed by atoms with Crippen molar-refractivity contribution in [1.29, 1.82) is 0 Å². The Morgan fingerprint density at radius 2 is 1.81 bits per heavy atom. The van der Waals surface area contributed by atoms with Gasteiger partial charge in [-0.15, -0.1) is 0 Å². The van der Waals surface area contributed by atoms with E-state index in [1.807, 2.05) is 0 Å². The Hall–Kier alpha value is -3.47. The van der Waals surface area contributed by atoms with E-state index in [2.05, 4.69) is 14.9 Å². The Morgan fingerprint density at radius 1 is 1.12 bits per heavy atom. The Labute approximate surface area is 182 Å². The molecule has 1 amide bonds. The first-order chi connectivity index (χ1) is 15.4. The van der Waals surface area contributed by atoms with Gasteiger partial charge < -0.3 is 14.2 Å². The molecule has 4 rings (SSSR count). The van der Waals surface area contributed by atoms with Crippen molar-refractivity contribution in [1.82, 2.24) is 28.9 Å². The Morgan fingerprint density at radius 3 is 2.47 bits per heavy atom. The number of piperazine rings is 1. The maximum atomic E-state index is 13.3. The number of nitrogens with one attached hydrogen (secondary N) is 1. The van der Waals surface area contributed by atoms with Gasteiger partial charge in [-0.1, -0.05) is 12.1 Å². The molecule has 1 saturated heterocycles. The third kappa shape index (κ3) is 4.28. The van der Waals surface area contributed by atoms with Gasteiger partial charge in [-0.2, -0.15) is 0 Å². The molecule has 0 aliphatic carbocycles. The molecular weight excluding hydrogens is 419 g/mol. The third-order valence-corrected chi connectivity index (χ3v) is 5.60. The minimum Gasteiger partial charge on any atom is -0.450 e. The number of benzene rings is 1. The number of carbonyl (C=O) groups is 1. The number of H-pyrrole nitrogens is 1. The second-order valence-corrected chi connectivity index (χ2v) is 7.69. The van der Waals surface area contributed by atoms with Crippen LogP contribution in [0, 0.1) is 5.82 Å². The van der Waals surface area contributed by atoms with Crippen molar-refractivity contribution in [3.05, 3.63) is 62.3 Å². The molecule has 2 aromatic heterocycles. The van der Waals surface area contributed by atoms with Crippen molar-refractivity contribution >= 4 is 17.3 Å². The van der Waals surface area contributed by atoms with Gasteiger partial charge in [0.05, 0.1) is 13.2 Å². The number of amides is 1. The van der Waals surface area contributed by atoms with Gasteiger partial charge in [-0.05, 0) is 24.6 Å².